The zero-order valence-electron chi connectivity index (χ0n) is 12.7. The van der Waals surface area contributed by atoms with Gasteiger partial charge in [0.1, 0.15) is 11.6 Å². The van der Waals surface area contributed by atoms with Crippen LogP contribution in [0.3, 0.4) is 0 Å². The fourth-order valence-electron chi connectivity index (χ4n) is 2.88. The molecule has 24 heavy (non-hydrogen) atoms. The smallest absolute Gasteiger partial charge is 0.226 e. The summed E-state index contributed by atoms with van der Waals surface area (Å²) in [5.41, 5.74) is 0.880. The maximum atomic E-state index is 14.1. The van der Waals surface area contributed by atoms with E-state index in [0.29, 0.717) is 5.69 Å². The lowest BCUT2D eigenvalue weighted by Crippen LogP contribution is -2.31. The molecule has 1 amide bonds. The fourth-order valence-corrected chi connectivity index (χ4v) is 3.60. The number of fused-ring (bicyclic) bond motifs is 1. The van der Waals surface area contributed by atoms with Gasteiger partial charge in [-0.05, 0) is 37.0 Å². The first-order chi connectivity index (χ1) is 11.6. The van der Waals surface area contributed by atoms with E-state index in [4.69, 9.17) is 0 Å². The number of carbonyl (C=O) groups is 1. The Hall–Kier alpha value is -2.28. The van der Waals surface area contributed by atoms with Crippen LogP contribution in [-0.2, 0) is 11.2 Å². The third kappa shape index (κ3) is 3.03. The van der Waals surface area contributed by atoms with Crippen LogP contribution in [0.25, 0.3) is 4.96 Å². The summed E-state index contributed by atoms with van der Waals surface area (Å²) >= 11 is 1.49. The molecule has 1 fully saturated rings. The first kappa shape index (κ1) is 15.3. The number of hydrogen-bond donors (Lipinski definition) is 1. The van der Waals surface area contributed by atoms with Crippen LogP contribution in [0, 0.1) is 17.6 Å². The number of imidazole rings is 1. The van der Waals surface area contributed by atoms with Crippen molar-refractivity contribution in [1.82, 2.24) is 14.7 Å². The summed E-state index contributed by atoms with van der Waals surface area (Å²) < 4.78 is 29.4. The molecule has 4 nitrogen and oxygen atoms in total. The van der Waals surface area contributed by atoms with Crippen LogP contribution in [0.5, 0.6) is 0 Å². The van der Waals surface area contributed by atoms with Crippen molar-refractivity contribution in [2.45, 2.75) is 25.3 Å². The Morgan fingerprint density at radius 3 is 3.00 bits per heavy atom. The van der Waals surface area contributed by atoms with Gasteiger partial charge in [0.2, 0.25) is 5.91 Å². The van der Waals surface area contributed by atoms with E-state index in [-0.39, 0.29) is 23.8 Å². The highest BCUT2D eigenvalue weighted by molar-refractivity contribution is 7.15. The number of nitrogens with zero attached hydrogens (tertiary/aromatic N) is 2. The molecule has 1 atom stereocenters. The van der Waals surface area contributed by atoms with Crippen molar-refractivity contribution < 1.29 is 13.6 Å². The molecule has 2 aromatic heterocycles. The van der Waals surface area contributed by atoms with Crippen molar-refractivity contribution in [2.75, 3.05) is 0 Å². The Balaban J connectivity index is 1.51. The maximum Gasteiger partial charge on any atom is 0.226 e. The Labute approximate surface area is 141 Å². The summed E-state index contributed by atoms with van der Waals surface area (Å²) in [6.07, 6.45) is 5.61. The SMILES string of the molecule is O=C(Cc1cn2ccsc2n1)N[C@@H](c1cc(F)ccc1F)C1CC1. The van der Waals surface area contributed by atoms with E-state index in [9.17, 15) is 13.6 Å². The summed E-state index contributed by atoms with van der Waals surface area (Å²) in [6.45, 7) is 0. The minimum absolute atomic E-state index is 0.120. The lowest BCUT2D eigenvalue weighted by Gasteiger charge is -2.19. The molecule has 0 spiro atoms. The Kier molecular flexibility index (Phi) is 3.80. The molecule has 124 valence electrons. The second-order valence-corrected chi connectivity index (χ2v) is 6.92. The highest BCUT2D eigenvalue weighted by Crippen LogP contribution is 2.41. The molecule has 1 aliphatic rings. The highest BCUT2D eigenvalue weighted by atomic mass is 32.1. The molecule has 0 aliphatic heterocycles. The number of amides is 1. The first-order valence-electron chi connectivity index (χ1n) is 7.75. The van der Waals surface area contributed by atoms with Crippen LogP contribution in [0.4, 0.5) is 8.78 Å². The third-order valence-electron chi connectivity index (χ3n) is 4.19. The number of carbonyl (C=O) groups excluding carboxylic acids is 1. The van der Waals surface area contributed by atoms with Crippen LogP contribution in [0.15, 0.2) is 36.0 Å². The van der Waals surface area contributed by atoms with Crippen LogP contribution in [-0.4, -0.2) is 15.3 Å². The molecule has 1 saturated carbocycles. The topological polar surface area (TPSA) is 46.4 Å². The minimum Gasteiger partial charge on any atom is -0.349 e. The largest absolute Gasteiger partial charge is 0.349 e. The van der Waals surface area contributed by atoms with Gasteiger partial charge in [-0.15, -0.1) is 11.3 Å². The average molecular weight is 347 g/mol. The quantitative estimate of drug-likeness (QED) is 0.768. The van der Waals surface area contributed by atoms with Gasteiger partial charge >= 0.3 is 0 Å². The second kappa shape index (κ2) is 5.98. The number of nitrogens with one attached hydrogen (secondary N) is 1. The number of thiazole rings is 1. The van der Waals surface area contributed by atoms with Crippen LogP contribution in [0.2, 0.25) is 0 Å². The van der Waals surface area contributed by atoms with E-state index in [0.717, 1.165) is 29.9 Å². The molecule has 4 rings (SSSR count). The minimum atomic E-state index is -0.499. The number of rotatable bonds is 5. The summed E-state index contributed by atoms with van der Waals surface area (Å²) in [5.74, 6) is -1.06. The van der Waals surface area contributed by atoms with Crippen LogP contribution in [0.1, 0.15) is 30.1 Å². The van der Waals surface area contributed by atoms with E-state index in [1.165, 1.54) is 17.4 Å². The third-order valence-corrected chi connectivity index (χ3v) is 4.96. The number of halogens is 2. The number of aromatic nitrogens is 2. The Bertz CT molecular complexity index is 872. The monoisotopic (exact) mass is 347 g/mol. The first-order valence-corrected chi connectivity index (χ1v) is 8.63. The van der Waals surface area contributed by atoms with Crippen molar-refractivity contribution in [3.63, 3.8) is 0 Å². The van der Waals surface area contributed by atoms with Gasteiger partial charge in [-0.1, -0.05) is 0 Å². The summed E-state index contributed by atoms with van der Waals surface area (Å²) in [6, 6.07) is 2.88. The maximum absolute atomic E-state index is 14.1. The van der Waals surface area contributed by atoms with E-state index in [2.05, 4.69) is 10.3 Å². The van der Waals surface area contributed by atoms with E-state index >= 15 is 0 Å². The molecule has 0 bridgehead atoms. The predicted octanol–water partition coefficient (Wildman–Crippen LogP) is 3.48. The van der Waals surface area contributed by atoms with Crippen molar-refractivity contribution in [1.29, 1.82) is 0 Å². The average Bonchev–Trinajstić information content (AvgIpc) is 3.18. The lowest BCUT2D eigenvalue weighted by atomic mass is 10.0. The van der Waals surface area contributed by atoms with Gasteiger partial charge in [0.25, 0.3) is 0 Å². The summed E-state index contributed by atoms with van der Waals surface area (Å²) in [4.78, 5) is 17.5. The molecular formula is C17H15F2N3OS. The Morgan fingerprint density at radius 2 is 2.25 bits per heavy atom. The highest BCUT2D eigenvalue weighted by Gasteiger charge is 2.35. The van der Waals surface area contributed by atoms with Crippen molar-refractivity contribution in [3.05, 3.63) is 58.9 Å². The van der Waals surface area contributed by atoms with Crippen LogP contribution < -0.4 is 5.32 Å². The fraction of sp³-hybridized carbons (Fsp3) is 0.294. The Morgan fingerprint density at radius 1 is 1.42 bits per heavy atom. The molecule has 0 unspecified atom stereocenters. The lowest BCUT2D eigenvalue weighted by molar-refractivity contribution is -0.121. The molecule has 0 radical (unpaired) electrons. The van der Waals surface area contributed by atoms with Gasteiger partial charge < -0.3 is 5.32 Å². The standard InChI is InChI=1S/C17H15F2N3OS/c18-11-3-4-14(19)13(7-11)16(10-1-2-10)21-15(23)8-12-9-22-5-6-24-17(22)20-12/h3-7,9-10,16H,1-2,8H2,(H,21,23)/t16-/m1/s1. The zero-order valence-corrected chi connectivity index (χ0v) is 13.5. The van der Waals surface area contributed by atoms with Crippen LogP contribution >= 0.6 is 11.3 Å². The molecule has 0 saturated heterocycles. The summed E-state index contributed by atoms with van der Waals surface area (Å²) in [7, 11) is 0. The predicted molar refractivity (Wildman–Crippen MR) is 86.7 cm³/mol. The normalized spacial score (nSPS) is 15.6. The molecule has 1 N–H and O–H groups in total. The van der Waals surface area contributed by atoms with Gasteiger partial charge in [-0.3, -0.25) is 9.20 Å². The van der Waals surface area contributed by atoms with Crippen molar-refractivity contribution >= 4 is 22.2 Å². The second-order valence-electron chi connectivity index (χ2n) is 6.05. The molecular weight excluding hydrogens is 332 g/mol. The van der Waals surface area contributed by atoms with Gasteiger partial charge in [0.05, 0.1) is 18.2 Å². The van der Waals surface area contributed by atoms with Gasteiger partial charge in [0.15, 0.2) is 4.96 Å². The molecule has 2 heterocycles. The van der Waals surface area contributed by atoms with Gasteiger partial charge in [0, 0.05) is 23.3 Å². The van der Waals surface area contributed by atoms with E-state index in [1.807, 2.05) is 16.0 Å². The van der Waals surface area contributed by atoms with Gasteiger partial charge in [-0.25, -0.2) is 13.8 Å². The van der Waals surface area contributed by atoms with Crippen molar-refractivity contribution in [2.24, 2.45) is 5.92 Å². The number of benzene rings is 1. The van der Waals surface area contributed by atoms with Gasteiger partial charge in [-0.2, -0.15) is 0 Å². The zero-order chi connectivity index (χ0) is 16.7. The van der Waals surface area contributed by atoms with E-state index < -0.39 is 17.7 Å². The van der Waals surface area contributed by atoms with E-state index in [1.54, 1.807) is 6.20 Å². The molecule has 7 heteroatoms. The molecule has 1 aliphatic carbocycles. The summed E-state index contributed by atoms with van der Waals surface area (Å²) in [5, 5.41) is 4.78. The number of hydrogen-bond acceptors (Lipinski definition) is 3. The molecule has 1 aromatic carbocycles. The molecule has 3 aromatic rings. The van der Waals surface area contributed by atoms with Crippen molar-refractivity contribution in [3.8, 4) is 0 Å².